The Labute approximate surface area is 79.1 Å². The molecule has 4 nitrogen and oxygen atoms in total. The van der Waals surface area contributed by atoms with Crippen LogP contribution in [0.25, 0.3) is 0 Å². The van der Waals surface area contributed by atoms with Gasteiger partial charge in [0, 0.05) is 12.7 Å². The molecule has 0 saturated carbocycles. The summed E-state index contributed by atoms with van der Waals surface area (Å²) in [5.74, 6) is 0. The van der Waals surface area contributed by atoms with Crippen molar-refractivity contribution >= 4 is 0 Å². The first-order valence-corrected chi connectivity index (χ1v) is 4.96. The van der Waals surface area contributed by atoms with Crippen LogP contribution in [0.3, 0.4) is 0 Å². The number of hydrogen-bond donors (Lipinski definition) is 1. The van der Waals surface area contributed by atoms with E-state index in [0.29, 0.717) is 0 Å². The molecule has 0 bridgehead atoms. The lowest BCUT2D eigenvalue weighted by Gasteiger charge is -1.94. The fourth-order valence-electron chi connectivity index (χ4n) is 1.24. The minimum atomic E-state index is 0.767. The zero-order chi connectivity index (χ0) is 9.52. The van der Waals surface area contributed by atoms with Crippen LogP contribution in [0, 0.1) is 0 Å². The Kier molecular flexibility index (Phi) is 4.46. The lowest BCUT2D eigenvalue weighted by atomic mass is 10.2. The molecule has 0 atom stereocenters. The van der Waals surface area contributed by atoms with E-state index in [2.05, 4.69) is 17.2 Å². The maximum absolute atomic E-state index is 5.40. The lowest BCUT2D eigenvalue weighted by Crippen LogP contribution is -1.99. The normalized spacial score (nSPS) is 10.6. The standard InChI is InChI=1S/C9H18N4/c1-2-7-13-8-9(11-12-13)5-3-4-6-10/h8H,2-7,10H2,1H3. The molecular weight excluding hydrogens is 164 g/mol. The molecule has 0 amide bonds. The molecule has 0 radical (unpaired) electrons. The lowest BCUT2D eigenvalue weighted by molar-refractivity contribution is 0.578. The van der Waals surface area contributed by atoms with Crippen molar-refractivity contribution in [2.45, 2.75) is 39.2 Å². The van der Waals surface area contributed by atoms with Crippen molar-refractivity contribution in [1.82, 2.24) is 15.0 Å². The molecular formula is C9H18N4. The molecule has 0 saturated heterocycles. The molecule has 13 heavy (non-hydrogen) atoms. The highest BCUT2D eigenvalue weighted by Crippen LogP contribution is 2.00. The maximum atomic E-state index is 5.40. The quantitative estimate of drug-likeness (QED) is 0.667. The van der Waals surface area contributed by atoms with Crippen molar-refractivity contribution < 1.29 is 0 Å². The summed E-state index contributed by atoms with van der Waals surface area (Å²) in [5, 5.41) is 8.10. The minimum absolute atomic E-state index is 0.767. The van der Waals surface area contributed by atoms with Gasteiger partial charge in [-0.1, -0.05) is 12.1 Å². The highest BCUT2D eigenvalue weighted by molar-refractivity contribution is 4.91. The van der Waals surface area contributed by atoms with Gasteiger partial charge in [0.2, 0.25) is 0 Å². The van der Waals surface area contributed by atoms with Gasteiger partial charge in [0.05, 0.1) is 5.69 Å². The molecule has 1 rings (SSSR count). The van der Waals surface area contributed by atoms with E-state index >= 15 is 0 Å². The maximum Gasteiger partial charge on any atom is 0.0827 e. The van der Waals surface area contributed by atoms with Gasteiger partial charge in [0.15, 0.2) is 0 Å². The number of unbranched alkanes of at least 4 members (excludes halogenated alkanes) is 1. The average molecular weight is 182 g/mol. The fourth-order valence-corrected chi connectivity index (χ4v) is 1.24. The van der Waals surface area contributed by atoms with Crippen molar-refractivity contribution in [2.75, 3.05) is 6.54 Å². The predicted octanol–water partition coefficient (Wildman–Crippen LogP) is 0.969. The Bertz CT molecular complexity index is 231. The first kappa shape index (κ1) is 10.2. The summed E-state index contributed by atoms with van der Waals surface area (Å²) in [6.07, 6.45) is 6.31. The Morgan fingerprint density at radius 3 is 3.00 bits per heavy atom. The Hall–Kier alpha value is -0.900. The topological polar surface area (TPSA) is 56.7 Å². The van der Waals surface area contributed by atoms with Gasteiger partial charge in [-0.3, -0.25) is 4.68 Å². The summed E-state index contributed by atoms with van der Waals surface area (Å²) < 4.78 is 1.90. The van der Waals surface area contributed by atoms with Gasteiger partial charge in [-0.05, 0) is 32.2 Å². The van der Waals surface area contributed by atoms with Crippen molar-refractivity contribution in [2.24, 2.45) is 5.73 Å². The number of nitrogens with two attached hydrogens (primary N) is 1. The molecule has 0 aliphatic rings. The zero-order valence-corrected chi connectivity index (χ0v) is 8.24. The second kappa shape index (κ2) is 5.70. The van der Waals surface area contributed by atoms with E-state index in [9.17, 15) is 0 Å². The van der Waals surface area contributed by atoms with E-state index in [1.54, 1.807) is 0 Å². The number of rotatable bonds is 6. The van der Waals surface area contributed by atoms with Gasteiger partial charge in [0.25, 0.3) is 0 Å². The molecule has 74 valence electrons. The van der Waals surface area contributed by atoms with E-state index in [-0.39, 0.29) is 0 Å². The summed E-state index contributed by atoms with van der Waals surface area (Å²) in [6.45, 7) is 3.86. The van der Waals surface area contributed by atoms with Crippen LogP contribution in [0.15, 0.2) is 6.20 Å². The largest absolute Gasteiger partial charge is 0.330 e. The SMILES string of the molecule is CCCn1cc(CCCCN)nn1. The summed E-state index contributed by atoms with van der Waals surface area (Å²) >= 11 is 0. The molecule has 1 aromatic heterocycles. The second-order valence-electron chi connectivity index (χ2n) is 3.22. The van der Waals surface area contributed by atoms with E-state index in [4.69, 9.17) is 5.73 Å². The average Bonchev–Trinajstić information content (AvgIpc) is 2.54. The number of aryl methyl sites for hydroxylation is 2. The summed E-state index contributed by atoms with van der Waals surface area (Å²) in [6, 6.07) is 0. The number of nitrogens with zero attached hydrogens (tertiary/aromatic N) is 3. The van der Waals surface area contributed by atoms with Crippen LogP contribution in [-0.4, -0.2) is 21.5 Å². The van der Waals surface area contributed by atoms with Gasteiger partial charge in [-0.25, -0.2) is 0 Å². The van der Waals surface area contributed by atoms with Crippen molar-refractivity contribution in [3.05, 3.63) is 11.9 Å². The molecule has 0 aliphatic carbocycles. The van der Waals surface area contributed by atoms with Crippen LogP contribution in [0.5, 0.6) is 0 Å². The van der Waals surface area contributed by atoms with Crippen LogP contribution in [-0.2, 0) is 13.0 Å². The van der Waals surface area contributed by atoms with Gasteiger partial charge in [-0.2, -0.15) is 0 Å². The van der Waals surface area contributed by atoms with Crippen LogP contribution >= 0.6 is 0 Å². The van der Waals surface area contributed by atoms with E-state index in [0.717, 1.165) is 44.5 Å². The smallest absolute Gasteiger partial charge is 0.0827 e. The van der Waals surface area contributed by atoms with Crippen molar-refractivity contribution in [3.63, 3.8) is 0 Å². The number of hydrogen-bond acceptors (Lipinski definition) is 3. The molecule has 0 fully saturated rings. The Balaban J connectivity index is 2.31. The second-order valence-corrected chi connectivity index (χ2v) is 3.22. The first-order valence-electron chi connectivity index (χ1n) is 4.96. The van der Waals surface area contributed by atoms with Crippen LogP contribution in [0.2, 0.25) is 0 Å². The van der Waals surface area contributed by atoms with Gasteiger partial charge >= 0.3 is 0 Å². The highest BCUT2D eigenvalue weighted by atomic mass is 15.4. The molecule has 2 N–H and O–H groups in total. The zero-order valence-electron chi connectivity index (χ0n) is 8.24. The monoisotopic (exact) mass is 182 g/mol. The highest BCUT2D eigenvalue weighted by Gasteiger charge is 1.98. The molecule has 4 heteroatoms. The molecule has 1 aromatic rings. The predicted molar refractivity (Wildman–Crippen MR) is 52.3 cm³/mol. The molecule has 0 aliphatic heterocycles. The van der Waals surface area contributed by atoms with Crippen LogP contribution < -0.4 is 5.73 Å². The van der Waals surface area contributed by atoms with E-state index in [1.807, 2.05) is 10.9 Å². The van der Waals surface area contributed by atoms with Crippen LogP contribution in [0.1, 0.15) is 31.9 Å². The summed E-state index contributed by atoms with van der Waals surface area (Å²) in [5.41, 5.74) is 6.49. The Morgan fingerprint density at radius 1 is 1.46 bits per heavy atom. The van der Waals surface area contributed by atoms with Crippen LogP contribution in [0.4, 0.5) is 0 Å². The third kappa shape index (κ3) is 3.55. The van der Waals surface area contributed by atoms with Gasteiger partial charge < -0.3 is 5.73 Å². The molecule has 1 heterocycles. The van der Waals surface area contributed by atoms with Crippen molar-refractivity contribution in [1.29, 1.82) is 0 Å². The molecule has 0 spiro atoms. The molecule has 0 unspecified atom stereocenters. The third-order valence-electron chi connectivity index (χ3n) is 1.93. The first-order chi connectivity index (χ1) is 6.36. The van der Waals surface area contributed by atoms with E-state index < -0.39 is 0 Å². The van der Waals surface area contributed by atoms with E-state index in [1.165, 1.54) is 0 Å². The molecule has 0 aromatic carbocycles. The summed E-state index contributed by atoms with van der Waals surface area (Å²) in [4.78, 5) is 0. The van der Waals surface area contributed by atoms with Crippen molar-refractivity contribution in [3.8, 4) is 0 Å². The van der Waals surface area contributed by atoms with Gasteiger partial charge in [-0.15, -0.1) is 5.10 Å². The Morgan fingerprint density at radius 2 is 2.31 bits per heavy atom. The number of aromatic nitrogens is 3. The summed E-state index contributed by atoms with van der Waals surface area (Å²) in [7, 11) is 0. The fraction of sp³-hybridized carbons (Fsp3) is 0.778. The minimum Gasteiger partial charge on any atom is -0.330 e. The van der Waals surface area contributed by atoms with Gasteiger partial charge in [0.1, 0.15) is 0 Å². The third-order valence-corrected chi connectivity index (χ3v) is 1.93.